The van der Waals surface area contributed by atoms with Gasteiger partial charge in [0, 0.05) is 13.2 Å². The Kier molecular flexibility index (Phi) is 14.0. The van der Waals surface area contributed by atoms with Crippen LogP contribution in [0.3, 0.4) is 0 Å². The van der Waals surface area contributed by atoms with Crippen LogP contribution in [0, 0.1) is 0 Å². The largest absolute Gasteiger partial charge is 1.00 e. The van der Waals surface area contributed by atoms with Gasteiger partial charge >= 0.3 is 51.4 Å². The monoisotopic (exact) mass is 158 g/mol. The van der Waals surface area contributed by atoms with Crippen molar-refractivity contribution in [1.82, 2.24) is 0 Å². The molecule has 9 heavy (non-hydrogen) atoms. The van der Waals surface area contributed by atoms with E-state index in [1.165, 1.54) is 0 Å². The van der Waals surface area contributed by atoms with Crippen molar-refractivity contribution < 1.29 is 62.3 Å². The van der Waals surface area contributed by atoms with Gasteiger partial charge in [-0.3, -0.25) is 0 Å². The Balaban J connectivity index is -0.000000245. The molecule has 3 heteroatoms. The quantitative estimate of drug-likeness (QED) is 0.367. The first-order valence-electron chi connectivity index (χ1n) is 3.04. The molecule has 0 aromatic rings. The molecular weight excluding hydrogens is 143 g/mol. The first-order chi connectivity index (χ1) is 3.81. The zero-order valence-corrected chi connectivity index (χ0v) is 9.93. The molecule has 0 bridgehead atoms. The van der Waals surface area contributed by atoms with Crippen LogP contribution in [0.2, 0.25) is 0 Å². The zero-order valence-electron chi connectivity index (χ0n) is 7.81. The summed E-state index contributed by atoms with van der Waals surface area (Å²) >= 11 is 0. The van der Waals surface area contributed by atoms with E-state index in [0.29, 0.717) is 0 Å². The van der Waals surface area contributed by atoms with E-state index in [1.54, 1.807) is 0 Å². The summed E-state index contributed by atoms with van der Waals surface area (Å²) in [7, 11) is 0. The summed E-state index contributed by atoms with van der Waals surface area (Å²) in [6.45, 7) is 7.25. The van der Waals surface area contributed by atoms with E-state index in [1.807, 2.05) is 20.8 Å². The van der Waals surface area contributed by atoms with E-state index in [4.69, 9.17) is 9.47 Å². The maximum atomic E-state index is 5.06. The van der Waals surface area contributed by atoms with Gasteiger partial charge in [-0.2, -0.15) is 0 Å². The first kappa shape index (κ1) is 13.2. The average Bonchev–Trinajstić information content (AvgIpc) is 1.68. The number of hydrogen-bond acceptors (Lipinski definition) is 2. The SMILES string of the molecule is CCOC(C)OCC.[H-].[K+]. The van der Waals surface area contributed by atoms with Gasteiger partial charge in [-0.1, -0.05) is 0 Å². The molecule has 52 valence electrons. The van der Waals surface area contributed by atoms with Crippen LogP contribution in [0.1, 0.15) is 22.2 Å². The van der Waals surface area contributed by atoms with E-state index >= 15 is 0 Å². The van der Waals surface area contributed by atoms with Crippen LogP contribution in [0.5, 0.6) is 0 Å². The summed E-state index contributed by atoms with van der Waals surface area (Å²) in [5.74, 6) is 0. The van der Waals surface area contributed by atoms with Gasteiger partial charge in [-0.05, 0) is 20.8 Å². The Morgan fingerprint density at radius 3 is 1.78 bits per heavy atom. The third-order valence-electron chi connectivity index (χ3n) is 0.803. The maximum Gasteiger partial charge on any atom is 1.00 e. The second-order valence-corrected chi connectivity index (χ2v) is 1.48. The first-order valence-corrected chi connectivity index (χ1v) is 3.04. The molecule has 0 aliphatic rings. The van der Waals surface area contributed by atoms with Crippen LogP contribution in [0.25, 0.3) is 0 Å². The summed E-state index contributed by atoms with van der Waals surface area (Å²) in [6.07, 6.45) is -0.0370. The minimum Gasteiger partial charge on any atom is -1.00 e. The van der Waals surface area contributed by atoms with Crippen LogP contribution in [-0.2, 0) is 9.47 Å². The summed E-state index contributed by atoms with van der Waals surface area (Å²) in [5, 5.41) is 0. The second kappa shape index (κ2) is 9.56. The molecule has 0 rings (SSSR count). The molecule has 0 aromatic heterocycles. The van der Waals surface area contributed by atoms with Crippen molar-refractivity contribution in [2.24, 2.45) is 0 Å². The van der Waals surface area contributed by atoms with Crippen LogP contribution < -0.4 is 51.4 Å². The molecule has 0 radical (unpaired) electrons. The van der Waals surface area contributed by atoms with Gasteiger partial charge in [0.05, 0.1) is 0 Å². The molecular formula is C6H15KO2. The molecule has 0 atom stereocenters. The van der Waals surface area contributed by atoms with E-state index in [0.717, 1.165) is 13.2 Å². The van der Waals surface area contributed by atoms with Crippen molar-refractivity contribution in [3.05, 3.63) is 0 Å². The standard InChI is InChI=1S/C6H14O2.K.H/c1-4-7-6(3)8-5-2;;/h6H,4-5H2,1-3H3;;/q;+1;-1. The number of ether oxygens (including phenoxy) is 2. The minimum atomic E-state index is -0.0370. The normalized spacial score (nSPS) is 9.33. The predicted molar refractivity (Wildman–Crippen MR) is 33.8 cm³/mol. The molecule has 0 spiro atoms. The molecule has 0 saturated carbocycles. The van der Waals surface area contributed by atoms with Crippen LogP contribution in [-0.4, -0.2) is 19.5 Å². The smallest absolute Gasteiger partial charge is 1.00 e. The van der Waals surface area contributed by atoms with Crippen molar-refractivity contribution in [3.8, 4) is 0 Å². The Hall–Kier alpha value is 1.56. The zero-order chi connectivity index (χ0) is 6.41. The van der Waals surface area contributed by atoms with Gasteiger partial charge in [0.25, 0.3) is 0 Å². The average molecular weight is 158 g/mol. The van der Waals surface area contributed by atoms with E-state index in [9.17, 15) is 0 Å². The van der Waals surface area contributed by atoms with E-state index in [-0.39, 0.29) is 59.1 Å². The Bertz CT molecular complexity index is 49.0. The topological polar surface area (TPSA) is 18.5 Å². The van der Waals surface area contributed by atoms with Gasteiger partial charge in [-0.25, -0.2) is 0 Å². The van der Waals surface area contributed by atoms with Crippen LogP contribution >= 0.6 is 0 Å². The fraction of sp³-hybridized carbons (Fsp3) is 1.00. The molecule has 0 unspecified atom stereocenters. The second-order valence-electron chi connectivity index (χ2n) is 1.48. The summed E-state index contributed by atoms with van der Waals surface area (Å²) in [4.78, 5) is 0. The Morgan fingerprint density at radius 2 is 1.56 bits per heavy atom. The molecule has 2 nitrogen and oxygen atoms in total. The third kappa shape index (κ3) is 9.56. The summed E-state index contributed by atoms with van der Waals surface area (Å²) < 4.78 is 10.1. The van der Waals surface area contributed by atoms with Crippen molar-refractivity contribution in [2.75, 3.05) is 13.2 Å². The fourth-order valence-electron chi connectivity index (χ4n) is 0.518. The molecule has 0 saturated heterocycles. The fourth-order valence-corrected chi connectivity index (χ4v) is 0.518. The van der Waals surface area contributed by atoms with Crippen molar-refractivity contribution in [3.63, 3.8) is 0 Å². The molecule has 0 amide bonds. The van der Waals surface area contributed by atoms with Crippen molar-refractivity contribution in [2.45, 2.75) is 27.1 Å². The summed E-state index contributed by atoms with van der Waals surface area (Å²) in [5.41, 5.74) is 0. The van der Waals surface area contributed by atoms with Crippen LogP contribution in [0.4, 0.5) is 0 Å². The van der Waals surface area contributed by atoms with Gasteiger partial charge in [-0.15, -0.1) is 0 Å². The maximum absolute atomic E-state index is 5.06. The van der Waals surface area contributed by atoms with Crippen molar-refractivity contribution in [1.29, 1.82) is 0 Å². The number of hydrogen-bond donors (Lipinski definition) is 0. The molecule has 0 aliphatic carbocycles. The molecule has 0 heterocycles. The van der Waals surface area contributed by atoms with Gasteiger partial charge in [0.1, 0.15) is 0 Å². The van der Waals surface area contributed by atoms with Gasteiger partial charge < -0.3 is 10.9 Å². The minimum absolute atomic E-state index is 0. The molecule has 0 aromatic carbocycles. The Morgan fingerprint density at radius 1 is 1.22 bits per heavy atom. The van der Waals surface area contributed by atoms with Crippen LogP contribution in [0.15, 0.2) is 0 Å². The summed E-state index contributed by atoms with van der Waals surface area (Å²) in [6, 6.07) is 0. The molecule has 0 fully saturated rings. The Labute approximate surface area is 101 Å². The number of rotatable bonds is 4. The van der Waals surface area contributed by atoms with Crippen molar-refractivity contribution >= 4 is 0 Å². The van der Waals surface area contributed by atoms with Gasteiger partial charge in [0.15, 0.2) is 6.29 Å². The molecule has 0 N–H and O–H groups in total. The predicted octanol–water partition coefficient (Wildman–Crippen LogP) is -1.48. The van der Waals surface area contributed by atoms with E-state index < -0.39 is 0 Å². The third-order valence-corrected chi connectivity index (χ3v) is 0.803. The molecule has 0 aliphatic heterocycles. The van der Waals surface area contributed by atoms with Gasteiger partial charge in [0.2, 0.25) is 0 Å². The van der Waals surface area contributed by atoms with E-state index in [2.05, 4.69) is 0 Å².